The van der Waals surface area contributed by atoms with Gasteiger partial charge in [0.05, 0.1) is 38.2 Å². The van der Waals surface area contributed by atoms with Crippen molar-refractivity contribution in [1.82, 2.24) is 24.6 Å². The minimum absolute atomic E-state index is 0.359. The molecule has 3 aromatic heterocycles. The van der Waals surface area contributed by atoms with Crippen LogP contribution in [0.2, 0.25) is 0 Å². The van der Waals surface area contributed by atoms with E-state index in [4.69, 9.17) is 15.2 Å². The van der Waals surface area contributed by atoms with Crippen LogP contribution in [0.25, 0.3) is 16.6 Å². The quantitative estimate of drug-likeness (QED) is 0.560. The van der Waals surface area contributed by atoms with Gasteiger partial charge in [-0.3, -0.25) is 0 Å². The van der Waals surface area contributed by atoms with Gasteiger partial charge in [-0.1, -0.05) is 0 Å². The van der Waals surface area contributed by atoms with E-state index in [1.807, 2.05) is 12.1 Å². The molecule has 0 spiro atoms. The summed E-state index contributed by atoms with van der Waals surface area (Å²) in [6.45, 7) is 0.471. The van der Waals surface area contributed by atoms with Crippen LogP contribution in [0.15, 0.2) is 36.7 Å². The third kappa shape index (κ3) is 2.69. The Hall–Kier alpha value is -3.62. The molecule has 0 atom stereocenters. The second-order valence-electron chi connectivity index (χ2n) is 5.55. The van der Waals surface area contributed by atoms with Crippen molar-refractivity contribution in [3.8, 4) is 11.5 Å². The molecule has 132 valence electrons. The zero-order valence-electron chi connectivity index (χ0n) is 14.3. The molecule has 0 saturated heterocycles. The van der Waals surface area contributed by atoms with E-state index in [2.05, 4.69) is 25.4 Å². The molecule has 0 unspecified atom stereocenters. The SMILES string of the molecule is COc1cc2nc(NCc3ccnc4ccnn34)nc(N)c2cc1OC. The summed E-state index contributed by atoms with van der Waals surface area (Å²) in [7, 11) is 3.15. The van der Waals surface area contributed by atoms with Crippen LogP contribution in [0.4, 0.5) is 11.8 Å². The zero-order valence-corrected chi connectivity index (χ0v) is 14.3. The molecule has 0 saturated carbocycles. The Bertz CT molecular complexity index is 1090. The third-order valence-electron chi connectivity index (χ3n) is 4.03. The molecule has 4 aromatic rings. The number of fused-ring (bicyclic) bond motifs is 2. The Kier molecular flexibility index (Phi) is 3.88. The fraction of sp³-hybridized carbons (Fsp3) is 0.176. The molecule has 0 bridgehead atoms. The first kappa shape index (κ1) is 15.9. The second kappa shape index (κ2) is 6.36. The number of hydrogen-bond donors (Lipinski definition) is 2. The van der Waals surface area contributed by atoms with Gasteiger partial charge in [-0.2, -0.15) is 10.1 Å². The topological polar surface area (TPSA) is 112 Å². The maximum atomic E-state index is 6.10. The molecule has 0 aliphatic rings. The Labute approximate surface area is 148 Å². The van der Waals surface area contributed by atoms with Crippen LogP contribution in [0.1, 0.15) is 5.69 Å². The van der Waals surface area contributed by atoms with E-state index in [1.54, 1.807) is 43.3 Å². The lowest BCUT2D eigenvalue weighted by Gasteiger charge is -2.12. The Morgan fingerprint density at radius 2 is 1.88 bits per heavy atom. The lowest BCUT2D eigenvalue weighted by Crippen LogP contribution is -2.09. The number of anilines is 2. The van der Waals surface area contributed by atoms with E-state index in [1.165, 1.54) is 0 Å². The van der Waals surface area contributed by atoms with Gasteiger partial charge in [0.2, 0.25) is 5.95 Å². The number of nitrogens with two attached hydrogens (primary N) is 1. The largest absolute Gasteiger partial charge is 0.493 e. The summed E-state index contributed by atoms with van der Waals surface area (Å²) in [6.07, 6.45) is 3.44. The molecule has 3 heterocycles. The summed E-state index contributed by atoms with van der Waals surface area (Å²) in [4.78, 5) is 13.1. The third-order valence-corrected chi connectivity index (χ3v) is 4.03. The first-order valence-electron chi connectivity index (χ1n) is 7.90. The molecular weight excluding hydrogens is 334 g/mol. The Balaban J connectivity index is 1.67. The Morgan fingerprint density at radius 3 is 2.69 bits per heavy atom. The molecule has 0 fully saturated rings. The minimum Gasteiger partial charge on any atom is -0.493 e. The highest BCUT2D eigenvalue weighted by atomic mass is 16.5. The Morgan fingerprint density at radius 1 is 1.08 bits per heavy atom. The maximum Gasteiger partial charge on any atom is 0.225 e. The summed E-state index contributed by atoms with van der Waals surface area (Å²) < 4.78 is 12.4. The first-order valence-corrected chi connectivity index (χ1v) is 7.90. The molecule has 1 aromatic carbocycles. The van der Waals surface area contributed by atoms with Gasteiger partial charge in [0, 0.05) is 23.7 Å². The van der Waals surface area contributed by atoms with Crippen LogP contribution in [-0.2, 0) is 6.54 Å². The van der Waals surface area contributed by atoms with Crippen molar-refractivity contribution in [2.24, 2.45) is 0 Å². The molecule has 9 nitrogen and oxygen atoms in total. The molecular formula is C17H17N7O2. The van der Waals surface area contributed by atoms with Crippen LogP contribution < -0.4 is 20.5 Å². The maximum absolute atomic E-state index is 6.10. The van der Waals surface area contributed by atoms with Crippen molar-refractivity contribution in [3.05, 3.63) is 42.4 Å². The molecule has 9 heteroatoms. The number of ether oxygens (including phenoxy) is 2. The van der Waals surface area contributed by atoms with Crippen LogP contribution in [0.3, 0.4) is 0 Å². The average Bonchev–Trinajstić information content (AvgIpc) is 3.14. The van der Waals surface area contributed by atoms with E-state index < -0.39 is 0 Å². The number of hydrogen-bond acceptors (Lipinski definition) is 8. The molecule has 3 N–H and O–H groups in total. The van der Waals surface area contributed by atoms with Crippen LogP contribution in [-0.4, -0.2) is 38.8 Å². The highest BCUT2D eigenvalue weighted by molar-refractivity contribution is 5.91. The number of methoxy groups -OCH3 is 2. The molecule has 26 heavy (non-hydrogen) atoms. The molecule has 0 aliphatic carbocycles. The summed E-state index contributed by atoms with van der Waals surface area (Å²) in [6, 6.07) is 7.26. The van der Waals surface area contributed by atoms with Crippen molar-refractivity contribution in [1.29, 1.82) is 0 Å². The van der Waals surface area contributed by atoms with Gasteiger partial charge in [-0.25, -0.2) is 14.5 Å². The monoisotopic (exact) mass is 351 g/mol. The highest BCUT2D eigenvalue weighted by Gasteiger charge is 2.12. The highest BCUT2D eigenvalue weighted by Crippen LogP contribution is 2.33. The second-order valence-corrected chi connectivity index (χ2v) is 5.55. The van der Waals surface area contributed by atoms with Crippen molar-refractivity contribution in [2.45, 2.75) is 6.54 Å². The van der Waals surface area contributed by atoms with Crippen molar-refractivity contribution >= 4 is 28.3 Å². The fourth-order valence-corrected chi connectivity index (χ4v) is 2.75. The normalized spacial score (nSPS) is 11.0. The van der Waals surface area contributed by atoms with Crippen molar-refractivity contribution in [3.63, 3.8) is 0 Å². The van der Waals surface area contributed by atoms with Gasteiger partial charge in [0.25, 0.3) is 0 Å². The number of aromatic nitrogens is 5. The van der Waals surface area contributed by atoms with Gasteiger partial charge in [-0.15, -0.1) is 0 Å². The van der Waals surface area contributed by atoms with E-state index >= 15 is 0 Å². The van der Waals surface area contributed by atoms with Crippen molar-refractivity contribution < 1.29 is 9.47 Å². The zero-order chi connectivity index (χ0) is 18.1. The van der Waals surface area contributed by atoms with E-state index in [0.717, 1.165) is 11.3 Å². The smallest absolute Gasteiger partial charge is 0.225 e. The molecule has 0 amide bonds. The number of benzene rings is 1. The van der Waals surface area contributed by atoms with Gasteiger partial charge in [0.1, 0.15) is 5.82 Å². The predicted molar refractivity (Wildman–Crippen MR) is 97.4 cm³/mol. The van der Waals surface area contributed by atoms with E-state index in [-0.39, 0.29) is 0 Å². The number of nitrogens with one attached hydrogen (secondary N) is 1. The number of rotatable bonds is 5. The predicted octanol–water partition coefficient (Wildman–Crippen LogP) is 1.88. The van der Waals surface area contributed by atoms with Crippen LogP contribution in [0.5, 0.6) is 11.5 Å². The van der Waals surface area contributed by atoms with E-state index in [9.17, 15) is 0 Å². The summed E-state index contributed by atoms with van der Waals surface area (Å²) >= 11 is 0. The minimum atomic E-state index is 0.359. The summed E-state index contributed by atoms with van der Waals surface area (Å²) in [5, 5.41) is 8.14. The van der Waals surface area contributed by atoms with Crippen LogP contribution >= 0.6 is 0 Å². The number of nitrogen functional groups attached to an aromatic ring is 1. The molecule has 4 rings (SSSR count). The van der Waals surface area contributed by atoms with Crippen LogP contribution in [0, 0.1) is 0 Å². The summed E-state index contributed by atoms with van der Waals surface area (Å²) in [5.41, 5.74) is 8.47. The van der Waals surface area contributed by atoms with Gasteiger partial charge in [-0.05, 0) is 12.1 Å². The van der Waals surface area contributed by atoms with Gasteiger partial charge in [0.15, 0.2) is 17.1 Å². The van der Waals surface area contributed by atoms with Crippen molar-refractivity contribution in [2.75, 3.05) is 25.3 Å². The lowest BCUT2D eigenvalue weighted by molar-refractivity contribution is 0.356. The van der Waals surface area contributed by atoms with Gasteiger partial charge < -0.3 is 20.5 Å². The summed E-state index contributed by atoms with van der Waals surface area (Å²) in [5.74, 6) is 1.93. The molecule has 0 radical (unpaired) electrons. The number of nitrogens with zero attached hydrogens (tertiary/aromatic N) is 5. The fourth-order valence-electron chi connectivity index (χ4n) is 2.75. The standard InChI is InChI=1S/C17H17N7O2/c1-25-13-7-11-12(8-14(13)26-2)22-17(23-16(11)18)20-9-10-3-5-19-15-4-6-21-24(10)15/h3-8H,9H2,1-2H3,(H3,18,20,22,23). The molecule has 0 aliphatic heterocycles. The lowest BCUT2D eigenvalue weighted by atomic mass is 10.2. The van der Waals surface area contributed by atoms with Gasteiger partial charge >= 0.3 is 0 Å². The first-order chi connectivity index (χ1) is 12.7. The average molecular weight is 351 g/mol. The van der Waals surface area contributed by atoms with E-state index in [0.29, 0.717) is 40.7 Å².